The number of fused-ring (bicyclic) bond motifs is 1. The van der Waals surface area contributed by atoms with Crippen LogP contribution in [0.2, 0.25) is 0 Å². The zero-order valence-electron chi connectivity index (χ0n) is 14.2. The molecule has 3 aromatic rings. The summed E-state index contributed by atoms with van der Waals surface area (Å²) in [5, 5.41) is 0.615. The van der Waals surface area contributed by atoms with Crippen molar-refractivity contribution in [2.45, 2.75) is 44.8 Å². The third-order valence-electron chi connectivity index (χ3n) is 4.88. The molecule has 4 nitrogen and oxygen atoms in total. The number of rotatable bonds is 4. The van der Waals surface area contributed by atoms with Gasteiger partial charge in [0.15, 0.2) is 0 Å². The summed E-state index contributed by atoms with van der Waals surface area (Å²) >= 11 is 0. The molecule has 1 heterocycles. The molecule has 0 aliphatic heterocycles. The number of hydrogen-bond acceptors (Lipinski definition) is 3. The fraction of sp³-hybridized carbons (Fsp3) is 0.333. The van der Waals surface area contributed by atoms with E-state index < -0.39 is 0 Å². The third-order valence-corrected chi connectivity index (χ3v) is 4.88. The molecule has 1 saturated carbocycles. The zero-order chi connectivity index (χ0) is 17.1. The predicted molar refractivity (Wildman–Crippen MR) is 99.5 cm³/mol. The Morgan fingerprint density at radius 1 is 1.00 bits per heavy atom. The Kier molecular flexibility index (Phi) is 4.61. The molecule has 1 aliphatic carbocycles. The van der Waals surface area contributed by atoms with Crippen LogP contribution in [0.1, 0.15) is 37.7 Å². The first kappa shape index (κ1) is 16.0. The summed E-state index contributed by atoms with van der Waals surface area (Å²) in [6.45, 7) is 0.645. The second kappa shape index (κ2) is 7.19. The highest BCUT2D eigenvalue weighted by Gasteiger charge is 2.13. The van der Waals surface area contributed by atoms with Gasteiger partial charge in [-0.05, 0) is 30.5 Å². The largest absolute Gasteiger partial charge is 0.374 e. The van der Waals surface area contributed by atoms with Crippen LogP contribution in [0.3, 0.4) is 0 Å². The van der Waals surface area contributed by atoms with Crippen molar-refractivity contribution in [3.8, 4) is 11.4 Å². The number of ether oxygens (including phenoxy) is 1. The molecule has 1 fully saturated rings. The molecule has 1 aliphatic rings. The van der Waals surface area contributed by atoms with Gasteiger partial charge < -0.3 is 9.72 Å². The van der Waals surface area contributed by atoms with Crippen LogP contribution in [-0.4, -0.2) is 16.1 Å². The highest BCUT2D eigenvalue weighted by Crippen LogP contribution is 2.22. The lowest BCUT2D eigenvalue weighted by Gasteiger charge is -2.22. The van der Waals surface area contributed by atoms with Gasteiger partial charge in [-0.2, -0.15) is 0 Å². The van der Waals surface area contributed by atoms with Crippen LogP contribution < -0.4 is 5.56 Å². The molecule has 0 saturated heterocycles. The average Bonchev–Trinajstić information content (AvgIpc) is 2.68. The van der Waals surface area contributed by atoms with Crippen molar-refractivity contribution in [1.82, 2.24) is 9.97 Å². The maximum atomic E-state index is 12.2. The van der Waals surface area contributed by atoms with E-state index in [2.05, 4.69) is 9.97 Å². The number of aromatic amines is 1. The van der Waals surface area contributed by atoms with Crippen molar-refractivity contribution in [3.05, 3.63) is 64.4 Å². The van der Waals surface area contributed by atoms with Gasteiger partial charge in [-0.25, -0.2) is 4.98 Å². The van der Waals surface area contributed by atoms with Gasteiger partial charge in [-0.1, -0.05) is 55.7 Å². The smallest absolute Gasteiger partial charge is 0.259 e. The van der Waals surface area contributed by atoms with Crippen molar-refractivity contribution in [3.63, 3.8) is 0 Å². The molecule has 0 amide bonds. The van der Waals surface area contributed by atoms with Crippen molar-refractivity contribution >= 4 is 10.9 Å². The van der Waals surface area contributed by atoms with Crippen LogP contribution in [0.25, 0.3) is 22.3 Å². The number of nitrogens with zero attached hydrogens (tertiary/aromatic N) is 1. The number of hydrogen-bond donors (Lipinski definition) is 1. The van der Waals surface area contributed by atoms with Gasteiger partial charge in [-0.3, -0.25) is 4.79 Å². The van der Waals surface area contributed by atoms with Crippen LogP contribution in [0.15, 0.2) is 53.3 Å². The summed E-state index contributed by atoms with van der Waals surface area (Å²) in [5.41, 5.74) is 2.66. The molecule has 1 N–H and O–H groups in total. The number of benzene rings is 2. The summed E-state index contributed by atoms with van der Waals surface area (Å²) in [6, 6.07) is 15.5. The maximum Gasteiger partial charge on any atom is 0.259 e. The molecule has 1 aromatic heterocycles. The number of H-pyrrole nitrogens is 1. The quantitative estimate of drug-likeness (QED) is 0.767. The summed E-state index contributed by atoms with van der Waals surface area (Å²) in [4.78, 5) is 19.6. The second-order valence-corrected chi connectivity index (χ2v) is 6.70. The molecule has 2 aromatic carbocycles. The fourth-order valence-corrected chi connectivity index (χ4v) is 3.43. The average molecular weight is 334 g/mol. The lowest BCUT2D eigenvalue weighted by atomic mass is 9.98. The van der Waals surface area contributed by atoms with Crippen molar-refractivity contribution in [2.24, 2.45) is 0 Å². The lowest BCUT2D eigenvalue weighted by molar-refractivity contribution is 0.0169. The van der Waals surface area contributed by atoms with Crippen LogP contribution in [-0.2, 0) is 11.3 Å². The van der Waals surface area contributed by atoms with E-state index in [9.17, 15) is 4.79 Å². The molecule has 4 heteroatoms. The van der Waals surface area contributed by atoms with E-state index in [0.29, 0.717) is 29.4 Å². The first-order chi connectivity index (χ1) is 12.3. The normalized spacial score (nSPS) is 15.5. The van der Waals surface area contributed by atoms with Gasteiger partial charge in [0.1, 0.15) is 5.82 Å². The minimum atomic E-state index is -0.106. The molecule has 0 unspecified atom stereocenters. The van der Waals surface area contributed by atoms with E-state index in [4.69, 9.17) is 4.74 Å². The SMILES string of the molecule is O=c1[nH]c(-c2ccc(COC3CCCCC3)cc2)nc2ccccc12. The van der Waals surface area contributed by atoms with Crippen LogP contribution in [0, 0.1) is 0 Å². The van der Waals surface area contributed by atoms with Crippen LogP contribution in [0.5, 0.6) is 0 Å². The zero-order valence-corrected chi connectivity index (χ0v) is 14.2. The molecular weight excluding hydrogens is 312 g/mol. The molecular formula is C21H22N2O2. The third kappa shape index (κ3) is 3.64. The second-order valence-electron chi connectivity index (χ2n) is 6.70. The van der Waals surface area contributed by atoms with Gasteiger partial charge >= 0.3 is 0 Å². The Balaban J connectivity index is 1.51. The highest BCUT2D eigenvalue weighted by molar-refractivity contribution is 5.79. The van der Waals surface area contributed by atoms with E-state index in [1.165, 1.54) is 32.1 Å². The summed E-state index contributed by atoms with van der Waals surface area (Å²) in [5.74, 6) is 0.600. The van der Waals surface area contributed by atoms with E-state index in [-0.39, 0.29) is 5.56 Å². The predicted octanol–water partition coefficient (Wildman–Crippen LogP) is 4.44. The monoisotopic (exact) mass is 334 g/mol. The minimum absolute atomic E-state index is 0.106. The summed E-state index contributed by atoms with van der Waals surface area (Å²) in [6.07, 6.45) is 6.67. The fourth-order valence-electron chi connectivity index (χ4n) is 3.43. The summed E-state index contributed by atoms with van der Waals surface area (Å²) < 4.78 is 6.02. The van der Waals surface area contributed by atoms with Gasteiger partial charge in [-0.15, -0.1) is 0 Å². The first-order valence-corrected chi connectivity index (χ1v) is 8.99. The van der Waals surface area contributed by atoms with Crippen molar-refractivity contribution in [1.29, 1.82) is 0 Å². The van der Waals surface area contributed by atoms with E-state index in [1.807, 2.05) is 42.5 Å². The highest BCUT2D eigenvalue weighted by atomic mass is 16.5. The van der Waals surface area contributed by atoms with Gasteiger partial charge in [0.2, 0.25) is 0 Å². The molecule has 128 valence electrons. The molecule has 0 radical (unpaired) electrons. The topological polar surface area (TPSA) is 55.0 Å². The Labute approximate surface area is 146 Å². The molecule has 25 heavy (non-hydrogen) atoms. The van der Waals surface area contributed by atoms with E-state index in [0.717, 1.165) is 11.1 Å². The first-order valence-electron chi connectivity index (χ1n) is 8.99. The molecule has 4 rings (SSSR count). The Bertz CT molecular complexity index is 909. The van der Waals surface area contributed by atoms with Crippen LogP contribution in [0.4, 0.5) is 0 Å². The standard InChI is InChI=1S/C21H22N2O2/c24-21-18-8-4-5-9-19(18)22-20(23-21)16-12-10-15(11-13-16)14-25-17-6-2-1-3-7-17/h4-5,8-13,17H,1-3,6-7,14H2,(H,22,23,24). The number of aromatic nitrogens is 2. The molecule has 0 bridgehead atoms. The van der Waals surface area contributed by atoms with Gasteiger partial charge in [0.05, 0.1) is 23.6 Å². The minimum Gasteiger partial charge on any atom is -0.374 e. The molecule has 0 atom stereocenters. The summed E-state index contributed by atoms with van der Waals surface area (Å²) in [7, 11) is 0. The number of para-hydroxylation sites is 1. The van der Waals surface area contributed by atoms with Gasteiger partial charge in [0, 0.05) is 5.56 Å². The van der Waals surface area contributed by atoms with E-state index >= 15 is 0 Å². The van der Waals surface area contributed by atoms with Gasteiger partial charge in [0.25, 0.3) is 5.56 Å². The molecule has 0 spiro atoms. The Morgan fingerprint density at radius 2 is 1.76 bits per heavy atom. The number of nitrogens with one attached hydrogen (secondary N) is 1. The van der Waals surface area contributed by atoms with Crippen molar-refractivity contribution < 1.29 is 4.74 Å². The lowest BCUT2D eigenvalue weighted by Crippen LogP contribution is -2.16. The van der Waals surface area contributed by atoms with Crippen LogP contribution >= 0.6 is 0 Å². The maximum absolute atomic E-state index is 12.2. The Morgan fingerprint density at radius 3 is 2.56 bits per heavy atom. The van der Waals surface area contributed by atoms with Crippen molar-refractivity contribution in [2.75, 3.05) is 0 Å². The van der Waals surface area contributed by atoms with E-state index in [1.54, 1.807) is 6.07 Å². The Hall–Kier alpha value is -2.46.